The third-order valence-corrected chi connectivity index (χ3v) is 5.06. The van der Waals surface area contributed by atoms with Crippen LogP contribution in [0.3, 0.4) is 0 Å². The maximum Gasteiger partial charge on any atom is 0.408 e. The lowest BCUT2D eigenvalue weighted by Crippen LogP contribution is -2.59. The fourth-order valence-corrected chi connectivity index (χ4v) is 3.86. The molecule has 0 radical (unpaired) electrons. The molecule has 0 saturated carbocycles. The molecule has 2 fully saturated rings. The Balaban J connectivity index is 2.28. The van der Waals surface area contributed by atoms with E-state index in [-0.39, 0.29) is 19.6 Å². The fourth-order valence-electron chi connectivity index (χ4n) is 3.86. The first-order valence-corrected chi connectivity index (χ1v) is 9.69. The van der Waals surface area contributed by atoms with Crippen molar-refractivity contribution in [2.45, 2.75) is 82.3 Å². The van der Waals surface area contributed by atoms with Gasteiger partial charge < -0.3 is 34.9 Å². The molecule has 0 aromatic heterocycles. The highest BCUT2D eigenvalue weighted by Crippen LogP contribution is 2.39. The first-order chi connectivity index (χ1) is 13.2. The maximum atomic E-state index is 14.4. The zero-order valence-electron chi connectivity index (χ0n) is 18.3. The molecule has 0 aliphatic carbocycles. The molecule has 0 bridgehead atoms. The topological polar surface area (TPSA) is 112 Å². The van der Waals surface area contributed by atoms with Crippen LogP contribution in [0.15, 0.2) is 0 Å². The van der Waals surface area contributed by atoms with Crippen molar-refractivity contribution in [2.24, 2.45) is 5.73 Å². The number of methoxy groups -OCH3 is 2. The largest absolute Gasteiger partial charge is 0.444 e. The molecule has 9 nitrogen and oxygen atoms in total. The van der Waals surface area contributed by atoms with Gasteiger partial charge in [-0.05, 0) is 34.6 Å². The number of nitrogens with one attached hydrogen (secondary N) is 1. The van der Waals surface area contributed by atoms with Crippen LogP contribution in [0.2, 0.25) is 0 Å². The van der Waals surface area contributed by atoms with Crippen LogP contribution in [0.1, 0.15) is 41.0 Å². The summed E-state index contributed by atoms with van der Waals surface area (Å²) < 4.78 is 36.5. The highest BCUT2D eigenvalue weighted by Gasteiger charge is 2.61. The highest BCUT2D eigenvalue weighted by atomic mass is 19.1. The first-order valence-electron chi connectivity index (χ1n) is 9.69. The lowest BCUT2D eigenvalue weighted by atomic mass is 9.98. The van der Waals surface area contributed by atoms with E-state index in [4.69, 9.17) is 24.7 Å². The van der Waals surface area contributed by atoms with Crippen molar-refractivity contribution in [1.82, 2.24) is 10.2 Å². The van der Waals surface area contributed by atoms with Gasteiger partial charge in [-0.3, -0.25) is 4.79 Å². The number of fused-ring (bicyclic) bond motifs is 1. The van der Waals surface area contributed by atoms with E-state index >= 15 is 0 Å². The van der Waals surface area contributed by atoms with Crippen LogP contribution < -0.4 is 11.1 Å². The number of halogens is 1. The molecule has 168 valence electrons. The normalized spacial score (nSPS) is 27.5. The summed E-state index contributed by atoms with van der Waals surface area (Å²) in [5.41, 5.74) is 3.71. The van der Waals surface area contributed by atoms with Gasteiger partial charge in [0, 0.05) is 27.2 Å². The Hall–Kier alpha value is -1.49. The molecule has 0 aromatic rings. The minimum Gasteiger partial charge on any atom is -0.444 e. The Bertz CT molecular complexity index is 614. The van der Waals surface area contributed by atoms with E-state index < -0.39 is 53.3 Å². The van der Waals surface area contributed by atoms with Gasteiger partial charge in [0.25, 0.3) is 0 Å². The number of carbonyl (C=O) groups is 2. The summed E-state index contributed by atoms with van der Waals surface area (Å²) in [4.78, 5) is 27.1. The van der Waals surface area contributed by atoms with Crippen molar-refractivity contribution in [3.8, 4) is 0 Å². The monoisotopic (exact) mass is 419 g/mol. The Labute approximate surface area is 171 Å². The van der Waals surface area contributed by atoms with E-state index in [1.54, 1.807) is 20.8 Å². The third kappa shape index (κ3) is 5.36. The van der Waals surface area contributed by atoms with Gasteiger partial charge in [0.1, 0.15) is 36.1 Å². The van der Waals surface area contributed by atoms with E-state index in [0.29, 0.717) is 0 Å². The van der Waals surface area contributed by atoms with Gasteiger partial charge in [0.15, 0.2) is 0 Å². The van der Waals surface area contributed by atoms with Crippen molar-refractivity contribution in [1.29, 1.82) is 0 Å². The lowest BCUT2D eigenvalue weighted by Gasteiger charge is -2.37. The number of likely N-dealkylation sites (tertiary alicyclic amines) is 1. The molecule has 2 aliphatic rings. The minimum atomic E-state index is -1.71. The average Bonchev–Trinajstić information content (AvgIpc) is 3.10. The van der Waals surface area contributed by atoms with Crippen LogP contribution >= 0.6 is 0 Å². The van der Waals surface area contributed by atoms with Crippen molar-refractivity contribution in [2.75, 3.05) is 27.4 Å². The molecule has 3 N–H and O–H groups in total. The minimum absolute atomic E-state index is 0.103. The third-order valence-electron chi connectivity index (χ3n) is 5.06. The number of amides is 2. The van der Waals surface area contributed by atoms with Crippen LogP contribution in [0, 0.1) is 0 Å². The molecule has 2 rings (SSSR count). The lowest BCUT2D eigenvalue weighted by molar-refractivity contribution is -0.227. The van der Waals surface area contributed by atoms with E-state index in [9.17, 15) is 14.0 Å². The quantitative estimate of drug-likeness (QED) is 0.616. The van der Waals surface area contributed by atoms with E-state index in [1.807, 2.05) is 0 Å². The molecule has 2 aliphatic heterocycles. The second-order valence-corrected chi connectivity index (χ2v) is 9.22. The van der Waals surface area contributed by atoms with Crippen LogP contribution in [-0.2, 0) is 23.7 Å². The zero-order valence-corrected chi connectivity index (χ0v) is 18.3. The standard InChI is InChI=1S/C19H34FN3O6/c1-17(2,3)29-16(25)22-12(8-18(4,5)20)15(24)23-9-11(21)13-14(23)19(26-6,27-7)10-28-13/h11-14H,8-10,21H2,1-7H3,(H,22,25)/t11?,12?,13-,14?/m1/s1. The SMILES string of the molecule is COC1(OC)CO[C@@H]2C(N)CN(C(=O)C(CC(C)(C)F)NC(=O)OC(C)(C)C)C21. The van der Waals surface area contributed by atoms with E-state index in [0.717, 1.165) is 0 Å². The number of nitrogens with two attached hydrogens (primary N) is 1. The molecule has 0 spiro atoms. The summed E-state index contributed by atoms with van der Waals surface area (Å²) >= 11 is 0. The smallest absolute Gasteiger partial charge is 0.408 e. The molecule has 2 amide bonds. The molecule has 2 heterocycles. The van der Waals surface area contributed by atoms with E-state index in [1.165, 1.54) is 33.0 Å². The van der Waals surface area contributed by atoms with Crippen molar-refractivity contribution >= 4 is 12.0 Å². The number of hydrogen-bond donors (Lipinski definition) is 2. The van der Waals surface area contributed by atoms with Gasteiger partial charge >= 0.3 is 6.09 Å². The Morgan fingerprint density at radius 2 is 1.86 bits per heavy atom. The van der Waals surface area contributed by atoms with Crippen LogP contribution in [0.4, 0.5) is 9.18 Å². The maximum absolute atomic E-state index is 14.4. The first kappa shape index (κ1) is 23.8. The zero-order chi connectivity index (χ0) is 22.2. The summed E-state index contributed by atoms with van der Waals surface area (Å²) in [7, 11) is 2.92. The number of hydrogen-bond acceptors (Lipinski definition) is 7. The molecule has 3 unspecified atom stereocenters. The van der Waals surface area contributed by atoms with Gasteiger partial charge in [0.05, 0.1) is 6.04 Å². The Morgan fingerprint density at radius 3 is 2.34 bits per heavy atom. The summed E-state index contributed by atoms with van der Waals surface area (Å²) in [5, 5.41) is 2.51. The number of alkyl carbamates (subject to hydrolysis) is 1. The van der Waals surface area contributed by atoms with E-state index in [2.05, 4.69) is 5.32 Å². The summed E-state index contributed by atoms with van der Waals surface area (Å²) in [6.45, 7) is 8.06. The fraction of sp³-hybridized carbons (Fsp3) is 0.895. The van der Waals surface area contributed by atoms with Crippen molar-refractivity contribution < 1.29 is 32.9 Å². The van der Waals surface area contributed by atoms with Gasteiger partial charge in [-0.1, -0.05) is 0 Å². The van der Waals surface area contributed by atoms with Crippen molar-refractivity contribution in [3.63, 3.8) is 0 Å². The molecule has 10 heteroatoms. The Kier molecular flexibility index (Phi) is 6.83. The van der Waals surface area contributed by atoms with Gasteiger partial charge in [0.2, 0.25) is 11.7 Å². The molecule has 29 heavy (non-hydrogen) atoms. The number of rotatable bonds is 6. The molecular formula is C19H34FN3O6. The number of carbonyl (C=O) groups excluding carboxylic acids is 2. The predicted molar refractivity (Wildman–Crippen MR) is 103 cm³/mol. The Morgan fingerprint density at radius 1 is 1.28 bits per heavy atom. The molecule has 0 aromatic carbocycles. The van der Waals surface area contributed by atoms with Crippen LogP contribution in [0.25, 0.3) is 0 Å². The molecule has 2 saturated heterocycles. The summed E-state index contributed by atoms with van der Waals surface area (Å²) in [5.74, 6) is -1.68. The highest BCUT2D eigenvalue weighted by molar-refractivity contribution is 5.86. The summed E-state index contributed by atoms with van der Waals surface area (Å²) in [6, 6.07) is -2.23. The molecular weight excluding hydrogens is 385 g/mol. The predicted octanol–water partition coefficient (Wildman–Crippen LogP) is 0.944. The van der Waals surface area contributed by atoms with Gasteiger partial charge in [-0.25, -0.2) is 9.18 Å². The van der Waals surface area contributed by atoms with Crippen LogP contribution in [-0.4, -0.2) is 85.6 Å². The van der Waals surface area contributed by atoms with Crippen LogP contribution in [0.5, 0.6) is 0 Å². The number of alkyl halides is 1. The van der Waals surface area contributed by atoms with Gasteiger partial charge in [-0.2, -0.15) is 0 Å². The second kappa shape index (κ2) is 8.33. The second-order valence-electron chi connectivity index (χ2n) is 9.22. The summed E-state index contributed by atoms with van der Waals surface area (Å²) in [6.07, 6.45) is -1.52. The van der Waals surface area contributed by atoms with Crippen molar-refractivity contribution in [3.05, 3.63) is 0 Å². The number of ether oxygens (including phenoxy) is 4. The molecule has 4 atom stereocenters. The van der Waals surface area contributed by atoms with Gasteiger partial charge in [-0.15, -0.1) is 0 Å². The number of nitrogens with zero attached hydrogens (tertiary/aromatic N) is 1. The average molecular weight is 419 g/mol.